The average molecular weight is 514 g/mol. The molecule has 1 aromatic rings. The first-order chi connectivity index (χ1) is 17.6. The van der Waals surface area contributed by atoms with E-state index in [0.717, 1.165) is 42.6 Å². The van der Waals surface area contributed by atoms with Crippen molar-refractivity contribution >= 4 is 11.9 Å². The highest BCUT2D eigenvalue weighted by molar-refractivity contribution is 5.79. The maximum atomic E-state index is 13.5. The molecule has 206 valence electrons. The van der Waals surface area contributed by atoms with E-state index in [1.807, 2.05) is 17.0 Å². The molecule has 1 aromatic carbocycles. The van der Waals surface area contributed by atoms with Crippen LogP contribution in [-0.4, -0.2) is 72.2 Å². The Bertz CT molecular complexity index is 962. The average Bonchev–Trinajstić information content (AvgIpc) is 3.42. The van der Waals surface area contributed by atoms with Gasteiger partial charge in [-0.05, 0) is 62.3 Å². The van der Waals surface area contributed by atoms with Gasteiger partial charge in [-0.3, -0.25) is 14.5 Å². The Balaban J connectivity index is 1.93. The number of unbranched alkanes of at least 4 members (excludes halogenated alkanes) is 1. The van der Waals surface area contributed by atoms with Crippen LogP contribution in [0.2, 0.25) is 0 Å². The largest absolute Gasteiger partial charge is 0.493 e. The van der Waals surface area contributed by atoms with Gasteiger partial charge in [-0.15, -0.1) is 0 Å². The van der Waals surface area contributed by atoms with Crippen LogP contribution >= 0.6 is 0 Å². The number of carboxylic acid groups (broad SMARTS) is 1. The van der Waals surface area contributed by atoms with Crippen LogP contribution in [0.5, 0.6) is 5.75 Å². The lowest BCUT2D eigenvalue weighted by atomic mass is 9.77. The van der Waals surface area contributed by atoms with Gasteiger partial charge in [-0.2, -0.15) is 0 Å². The molecular weight excluding hydrogens is 466 g/mol. The number of aliphatic carboxylic acids is 1. The van der Waals surface area contributed by atoms with Gasteiger partial charge in [0.05, 0.1) is 19.1 Å². The maximum Gasteiger partial charge on any atom is 0.308 e. The van der Waals surface area contributed by atoms with Crippen molar-refractivity contribution < 1.29 is 19.4 Å². The van der Waals surface area contributed by atoms with Gasteiger partial charge < -0.3 is 20.5 Å². The van der Waals surface area contributed by atoms with Crippen LogP contribution in [0, 0.1) is 11.3 Å². The van der Waals surface area contributed by atoms with Gasteiger partial charge in [-0.25, -0.2) is 0 Å². The first-order valence-corrected chi connectivity index (χ1v) is 13.9. The number of carbonyl (C=O) groups excluding carboxylic acids is 1. The number of hydrogen-bond acceptors (Lipinski definition) is 5. The number of nitrogens with zero attached hydrogens (tertiary/aromatic N) is 2. The summed E-state index contributed by atoms with van der Waals surface area (Å²) in [5.41, 5.74) is 8.93. The molecule has 1 saturated heterocycles. The number of hydrogen-bond donors (Lipinski definition) is 2. The molecule has 0 aliphatic carbocycles. The molecule has 0 saturated carbocycles. The smallest absolute Gasteiger partial charge is 0.308 e. The summed E-state index contributed by atoms with van der Waals surface area (Å²) >= 11 is 0. The van der Waals surface area contributed by atoms with Crippen molar-refractivity contribution in [3.63, 3.8) is 0 Å². The van der Waals surface area contributed by atoms with E-state index in [1.54, 1.807) is 0 Å². The number of carboxylic acids is 1. The highest BCUT2D eigenvalue weighted by Gasteiger charge is 2.48. The van der Waals surface area contributed by atoms with E-state index >= 15 is 0 Å². The number of fused-ring (bicyclic) bond motifs is 1. The second kappa shape index (κ2) is 12.9. The first-order valence-electron chi connectivity index (χ1n) is 13.9. The predicted octanol–water partition coefficient (Wildman–Crippen LogP) is 4.45. The molecule has 7 nitrogen and oxygen atoms in total. The summed E-state index contributed by atoms with van der Waals surface area (Å²) in [5.74, 6) is -0.601. The fourth-order valence-corrected chi connectivity index (χ4v) is 6.17. The predicted molar refractivity (Wildman–Crippen MR) is 148 cm³/mol. The maximum absolute atomic E-state index is 13.5. The Morgan fingerprint density at radius 2 is 1.97 bits per heavy atom. The lowest BCUT2D eigenvalue weighted by Crippen LogP contribution is -2.46. The Morgan fingerprint density at radius 3 is 2.62 bits per heavy atom. The molecule has 1 amide bonds. The van der Waals surface area contributed by atoms with E-state index in [4.69, 9.17) is 10.5 Å². The minimum atomic E-state index is -0.791. The van der Waals surface area contributed by atoms with Crippen molar-refractivity contribution in [3.8, 4) is 5.75 Å². The van der Waals surface area contributed by atoms with Crippen LogP contribution in [0.1, 0.15) is 77.3 Å². The third-order valence-electron chi connectivity index (χ3n) is 7.69. The van der Waals surface area contributed by atoms with E-state index in [1.165, 1.54) is 5.57 Å². The minimum absolute atomic E-state index is 0.0686. The quantitative estimate of drug-likeness (QED) is 0.378. The summed E-state index contributed by atoms with van der Waals surface area (Å²) in [4.78, 5) is 30.4. The molecule has 3 atom stereocenters. The van der Waals surface area contributed by atoms with Crippen LogP contribution in [0.25, 0.3) is 0 Å². The number of allylic oxidation sites excluding steroid dienone is 2. The van der Waals surface area contributed by atoms with Crippen LogP contribution in [0.4, 0.5) is 0 Å². The third-order valence-corrected chi connectivity index (χ3v) is 7.69. The monoisotopic (exact) mass is 513 g/mol. The second-order valence-electron chi connectivity index (χ2n) is 11.7. The highest BCUT2D eigenvalue weighted by atomic mass is 16.5. The number of amides is 1. The molecular formula is C30H47N3O4. The van der Waals surface area contributed by atoms with Crippen LogP contribution in [-0.2, 0) is 16.0 Å². The van der Waals surface area contributed by atoms with Gasteiger partial charge >= 0.3 is 5.97 Å². The summed E-state index contributed by atoms with van der Waals surface area (Å²) < 4.78 is 5.69. The summed E-state index contributed by atoms with van der Waals surface area (Å²) in [6, 6.07) is 5.88. The zero-order valence-corrected chi connectivity index (χ0v) is 23.5. The zero-order valence-electron chi connectivity index (χ0n) is 23.5. The summed E-state index contributed by atoms with van der Waals surface area (Å²) in [6.45, 7) is 14.0. The number of benzene rings is 1. The molecule has 7 heteroatoms. The molecule has 0 radical (unpaired) electrons. The van der Waals surface area contributed by atoms with E-state index in [-0.39, 0.29) is 29.8 Å². The number of rotatable bonds is 13. The zero-order chi connectivity index (χ0) is 27.2. The van der Waals surface area contributed by atoms with Gasteiger partial charge in [0, 0.05) is 38.0 Å². The summed E-state index contributed by atoms with van der Waals surface area (Å²) in [7, 11) is 0. The van der Waals surface area contributed by atoms with Gasteiger partial charge in [-0.1, -0.05) is 51.0 Å². The van der Waals surface area contributed by atoms with Crippen molar-refractivity contribution in [3.05, 3.63) is 41.0 Å². The molecule has 2 heterocycles. The summed E-state index contributed by atoms with van der Waals surface area (Å²) in [6.07, 6.45) is 6.47. The van der Waals surface area contributed by atoms with Gasteiger partial charge in [0.1, 0.15) is 5.75 Å². The van der Waals surface area contributed by atoms with Crippen molar-refractivity contribution in [1.82, 2.24) is 9.80 Å². The standard InChI is InChI=1S/C30H47N3O4/c1-6-7-13-32(14-8-12-31)27(34)20-33-19-24(22-9-10-26-23(16-22)11-15-37-26)28(29(35)36)25(33)18-30(4,5)17-21(2)3/h9-10,16-17,24-25,28H,6-8,11-15,18-20,31H2,1-5H3,(H,35,36). The molecule has 3 rings (SSSR count). The van der Waals surface area contributed by atoms with Crippen molar-refractivity contribution in [2.24, 2.45) is 17.1 Å². The molecule has 1 fully saturated rings. The van der Waals surface area contributed by atoms with Gasteiger partial charge in [0.15, 0.2) is 0 Å². The topological polar surface area (TPSA) is 96.1 Å². The fraction of sp³-hybridized carbons (Fsp3) is 0.667. The lowest BCUT2D eigenvalue weighted by Gasteiger charge is -2.34. The molecule has 2 aliphatic heterocycles. The van der Waals surface area contributed by atoms with Crippen LogP contribution < -0.4 is 10.5 Å². The van der Waals surface area contributed by atoms with E-state index in [2.05, 4.69) is 51.7 Å². The Hall–Kier alpha value is -2.38. The molecule has 0 spiro atoms. The molecule has 37 heavy (non-hydrogen) atoms. The normalized spacial score (nSPS) is 21.4. The first kappa shape index (κ1) is 29.2. The molecule has 2 aliphatic rings. The van der Waals surface area contributed by atoms with Crippen LogP contribution in [0.3, 0.4) is 0 Å². The van der Waals surface area contributed by atoms with E-state index < -0.39 is 11.9 Å². The third kappa shape index (κ3) is 7.57. The molecule has 0 bridgehead atoms. The van der Waals surface area contributed by atoms with E-state index in [0.29, 0.717) is 39.2 Å². The number of ether oxygens (including phenoxy) is 1. The number of likely N-dealkylation sites (tertiary alicyclic amines) is 1. The van der Waals surface area contributed by atoms with Crippen LogP contribution in [0.15, 0.2) is 29.8 Å². The number of nitrogens with two attached hydrogens (primary N) is 1. The van der Waals surface area contributed by atoms with E-state index in [9.17, 15) is 14.7 Å². The molecule has 3 unspecified atom stereocenters. The summed E-state index contributed by atoms with van der Waals surface area (Å²) in [5, 5.41) is 10.5. The minimum Gasteiger partial charge on any atom is -0.493 e. The molecule has 3 N–H and O–H groups in total. The SMILES string of the molecule is CCCCN(CCCN)C(=O)CN1CC(c2ccc3c(c2)CCO3)C(C(=O)O)C1CC(C)(C)C=C(C)C. The van der Waals surface area contributed by atoms with Gasteiger partial charge in [0.25, 0.3) is 0 Å². The molecule has 0 aromatic heterocycles. The Labute approximate surface area is 223 Å². The van der Waals surface area contributed by atoms with Crippen molar-refractivity contribution in [2.45, 2.75) is 78.7 Å². The Morgan fingerprint density at radius 1 is 1.24 bits per heavy atom. The van der Waals surface area contributed by atoms with Gasteiger partial charge in [0.2, 0.25) is 5.91 Å². The fourth-order valence-electron chi connectivity index (χ4n) is 6.17. The lowest BCUT2D eigenvalue weighted by molar-refractivity contribution is -0.144. The van der Waals surface area contributed by atoms with Crippen molar-refractivity contribution in [1.29, 1.82) is 0 Å². The highest BCUT2D eigenvalue weighted by Crippen LogP contribution is 2.44. The number of carbonyl (C=O) groups is 2. The second-order valence-corrected chi connectivity index (χ2v) is 11.7. The van der Waals surface area contributed by atoms with Crippen molar-refractivity contribution in [2.75, 3.05) is 39.3 Å². The Kier molecular flexibility index (Phi) is 10.2.